The van der Waals surface area contributed by atoms with Crippen LogP contribution in [0.5, 0.6) is 0 Å². The monoisotopic (exact) mass is 365 g/mol. The SMILES string of the molecule is NC(=O)N1CCC(Nc2ccc(Br)c(C(F)(F)F)c2)CC1. The van der Waals surface area contributed by atoms with E-state index >= 15 is 0 Å². The Kier molecular flexibility index (Phi) is 4.65. The smallest absolute Gasteiger partial charge is 0.382 e. The number of carbonyl (C=O) groups excluding carboxylic acids is 1. The number of nitrogens with one attached hydrogen (secondary N) is 1. The lowest BCUT2D eigenvalue weighted by molar-refractivity contribution is -0.138. The molecule has 1 aromatic rings. The van der Waals surface area contributed by atoms with Crippen LogP contribution in [-0.2, 0) is 6.18 Å². The van der Waals surface area contributed by atoms with E-state index in [4.69, 9.17) is 5.73 Å². The van der Waals surface area contributed by atoms with Gasteiger partial charge in [0.15, 0.2) is 0 Å². The van der Waals surface area contributed by atoms with Crippen LogP contribution in [0.3, 0.4) is 0 Å². The maximum atomic E-state index is 12.8. The second-order valence-corrected chi connectivity index (χ2v) is 5.79. The molecule has 0 atom stereocenters. The number of nitrogens with two attached hydrogens (primary N) is 1. The predicted octanol–water partition coefficient (Wildman–Crippen LogP) is 3.42. The summed E-state index contributed by atoms with van der Waals surface area (Å²) in [4.78, 5) is 12.5. The van der Waals surface area contributed by atoms with Gasteiger partial charge in [0.25, 0.3) is 0 Å². The molecule has 0 aromatic heterocycles. The molecule has 116 valence electrons. The van der Waals surface area contributed by atoms with Gasteiger partial charge in [0.1, 0.15) is 0 Å². The average Bonchev–Trinajstić information content (AvgIpc) is 2.40. The van der Waals surface area contributed by atoms with Crippen molar-refractivity contribution >= 4 is 27.6 Å². The molecular formula is C13H15BrF3N3O. The van der Waals surface area contributed by atoms with E-state index in [1.165, 1.54) is 11.0 Å². The third kappa shape index (κ3) is 4.03. The minimum absolute atomic E-state index is 0.0177. The molecule has 2 rings (SSSR count). The van der Waals surface area contributed by atoms with Crippen molar-refractivity contribution in [3.63, 3.8) is 0 Å². The molecule has 0 aliphatic carbocycles. The fourth-order valence-corrected chi connectivity index (χ4v) is 2.78. The summed E-state index contributed by atoms with van der Waals surface area (Å²) in [6, 6.07) is 3.63. The van der Waals surface area contributed by atoms with Crippen molar-refractivity contribution in [1.29, 1.82) is 0 Å². The summed E-state index contributed by atoms with van der Waals surface area (Å²) >= 11 is 2.91. The average molecular weight is 366 g/mol. The highest BCUT2D eigenvalue weighted by Crippen LogP contribution is 2.36. The molecule has 1 aromatic carbocycles. The van der Waals surface area contributed by atoms with Crippen molar-refractivity contribution < 1.29 is 18.0 Å². The van der Waals surface area contributed by atoms with E-state index < -0.39 is 17.8 Å². The molecule has 3 N–H and O–H groups in total. The summed E-state index contributed by atoms with van der Waals surface area (Å²) in [5.41, 5.74) is 4.90. The first-order chi connectivity index (χ1) is 9.77. The largest absolute Gasteiger partial charge is 0.417 e. The third-order valence-corrected chi connectivity index (χ3v) is 4.14. The fourth-order valence-electron chi connectivity index (χ4n) is 2.31. The molecule has 0 unspecified atom stereocenters. The minimum atomic E-state index is -4.40. The van der Waals surface area contributed by atoms with E-state index in [-0.39, 0.29) is 10.5 Å². The van der Waals surface area contributed by atoms with Gasteiger partial charge >= 0.3 is 12.2 Å². The summed E-state index contributed by atoms with van der Waals surface area (Å²) in [7, 11) is 0. The fraction of sp³-hybridized carbons (Fsp3) is 0.462. The van der Waals surface area contributed by atoms with Crippen LogP contribution in [0.25, 0.3) is 0 Å². The Bertz CT molecular complexity index is 528. The first-order valence-electron chi connectivity index (χ1n) is 6.45. The minimum Gasteiger partial charge on any atom is -0.382 e. The summed E-state index contributed by atoms with van der Waals surface area (Å²) in [5.74, 6) is 0. The molecule has 1 aliphatic heterocycles. The normalized spacial score (nSPS) is 16.9. The van der Waals surface area contributed by atoms with Crippen LogP contribution in [0.4, 0.5) is 23.7 Å². The molecular weight excluding hydrogens is 351 g/mol. The molecule has 1 fully saturated rings. The number of carbonyl (C=O) groups is 1. The summed E-state index contributed by atoms with van der Waals surface area (Å²) in [6.45, 7) is 1.02. The van der Waals surface area contributed by atoms with E-state index in [1.54, 1.807) is 6.07 Å². The van der Waals surface area contributed by atoms with Crippen molar-refractivity contribution in [3.05, 3.63) is 28.2 Å². The molecule has 0 radical (unpaired) electrons. The van der Waals surface area contributed by atoms with Gasteiger partial charge in [0, 0.05) is 29.3 Å². The lowest BCUT2D eigenvalue weighted by atomic mass is 10.0. The number of amides is 2. The molecule has 1 aliphatic rings. The van der Waals surface area contributed by atoms with Crippen molar-refractivity contribution in [1.82, 2.24) is 4.90 Å². The molecule has 0 spiro atoms. The number of benzene rings is 1. The number of likely N-dealkylation sites (tertiary alicyclic amines) is 1. The molecule has 21 heavy (non-hydrogen) atoms. The van der Waals surface area contributed by atoms with E-state index in [9.17, 15) is 18.0 Å². The van der Waals surface area contributed by atoms with Gasteiger partial charge in [-0.05, 0) is 31.0 Å². The van der Waals surface area contributed by atoms with Gasteiger partial charge in [-0.15, -0.1) is 0 Å². The van der Waals surface area contributed by atoms with Crippen molar-refractivity contribution in [2.75, 3.05) is 18.4 Å². The predicted molar refractivity (Wildman–Crippen MR) is 76.9 cm³/mol. The second-order valence-electron chi connectivity index (χ2n) is 4.94. The third-order valence-electron chi connectivity index (χ3n) is 3.45. The van der Waals surface area contributed by atoms with Crippen LogP contribution in [0.1, 0.15) is 18.4 Å². The van der Waals surface area contributed by atoms with Gasteiger partial charge in [0.05, 0.1) is 5.56 Å². The van der Waals surface area contributed by atoms with Gasteiger partial charge in [-0.3, -0.25) is 0 Å². The zero-order valence-electron chi connectivity index (χ0n) is 11.1. The Morgan fingerprint density at radius 2 is 1.95 bits per heavy atom. The van der Waals surface area contributed by atoms with Crippen LogP contribution in [0.2, 0.25) is 0 Å². The van der Waals surface area contributed by atoms with E-state index in [2.05, 4.69) is 21.2 Å². The molecule has 0 saturated carbocycles. The Balaban J connectivity index is 2.03. The number of hydrogen-bond donors (Lipinski definition) is 2. The zero-order valence-corrected chi connectivity index (χ0v) is 12.7. The quantitative estimate of drug-likeness (QED) is 0.843. The van der Waals surface area contributed by atoms with Crippen molar-refractivity contribution in [2.45, 2.75) is 25.1 Å². The van der Waals surface area contributed by atoms with E-state index in [0.29, 0.717) is 31.6 Å². The molecule has 1 heterocycles. The van der Waals surface area contributed by atoms with Gasteiger partial charge < -0.3 is 16.0 Å². The van der Waals surface area contributed by atoms with Crippen LogP contribution < -0.4 is 11.1 Å². The number of rotatable bonds is 2. The van der Waals surface area contributed by atoms with Crippen molar-refractivity contribution in [3.8, 4) is 0 Å². The number of nitrogens with zero attached hydrogens (tertiary/aromatic N) is 1. The van der Waals surface area contributed by atoms with Crippen LogP contribution in [-0.4, -0.2) is 30.1 Å². The number of anilines is 1. The number of halogens is 4. The highest BCUT2D eigenvalue weighted by atomic mass is 79.9. The number of primary amides is 1. The molecule has 8 heteroatoms. The van der Waals surface area contributed by atoms with Gasteiger partial charge in [0.2, 0.25) is 0 Å². The van der Waals surface area contributed by atoms with E-state index in [0.717, 1.165) is 6.07 Å². The van der Waals surface area contributed by atoms with Crippen LogP contribution in [0.15, 0.2) is 22.7 Å². The Hall–Kier alpha value is -1.44. The molecule has 2 amide bonds. The molecule has 1 saturated heterocycles. The lowest BCUT2D eigenvalue weighted by Crippen LogP contribution is -2.44. The summed E-state index contributed by atoms with van der Waals surface area (Å²) in [5, 5.41) is 3.08. The zero-order chi connectivity index (χ0) is 15.6. The van der Waals surface area contributed by atoms with Crippen LogP contribution >= 0.6 is 15.9 Å². The molecule has 0 bridgehead atoms. The first kappa shape index (κ1) is 15.9. The Labute approximate surface area is 128 Å². The lowest BCUT2D eigenvalue weighted by Gasteiger charge is -2.31. The highest BCUT2D eigenvalue weighted by molar-refractivity contribution is 9.10. The Morgan fingerprint density at radius 3 is 2.48 bits per heavy atom. The first-order valence-corrected chi connectivity index (χ1v) is 7.24. The second kappa shape index (κ2) is 6.13. The maximum absolute atomic E-state index is 12.8. The Morgan fingerprint density at radius 1 is 1.33 bits per heavy atom. The summed E-state index contributed by atoms with van der Waals surface area (Å²) < 4.78 is 38.5. The topological polar surface area (TPSA) is 58.4 Å². The molecule has 4 nitrogen and oxygen atoms in total. The van der Waals surface area contributed by atoms with Gasteiger partial charge in [-0.25, -0.2) is 4.79 Å². The van der Waals surface area contributed by atoms with Gasteiger partial charge in [-0.1, -0.05) is 15.9 Å². The number of alkyl halides is 3. The number of urea groups is 1. The van der Waals surface area contributed by atoms with Crippen molar-refractivity contribution in [2.24, 2.45) is 5.73 Å². The number of hydrogen-bond acceptors (Lipinski definition) is 2. The van der Waals surface area contributed by atoms with Gasteiger partial charge in [-0.2, -0.15) is 13.2 Å². The van der Waals surface area contributed by atoms with E-state index in [1.807, 2.05) is 0 Å². The number of piperidine rings is 1. The highest BCUT2D eigenvalue weighted by Gasteiger charge is 2.33. The summed E-state index contributed by atoms with van der Waals surface area (Å²) in [6.07, 6.45) is -3.09. The maximum Gasteiger partial charge on any atom is 0.417 e. The standard InChI is InChI=1S/C13H15BrF3N3O/c14-11-2-1-9(7-10(11)13(15,16)17)19-8-3-5-20(6-4-8)12(18)21/h1-2,7-8,19H,3-6H2,(H2,18,21). The van der Waals surface area contributed by atoms with Crippen LogP contribution in [0, 0.1) is 0 Å².